The van der Waals surface area contributed by atoms with Crippen LogP contribution in [0.1, 0.15) is 0 Å². The van der Waals surface area contributed by atoms with Crippen molar-refractivity contribution in [2.45, 2.75) is 6.10 Å². The van der Waals surface area contributed by atoms with Gasteiger partial charge < -0.3 is 15.4 Å². The zero-order valence-corrected chi connectivity index (χ0v) is 8.97. The number of hydrogen-bond donors (Lipinski definition) is 1. The smallest absolute Gasteiger partial charge is 0.146 e. The molecule has 0 saturated carbocycles. The van der Waals surface area contributed by atoms with Crippen LogP contribution in [0.3, 0.4) is 0 Å². The third-order valence-corrected chi connectivity index (χ3v) is 2.19. The van der Waals surface area contributed by atoms with E-state index < -0.39 is 0 Å². The molecule has 0 aliphatic carbocycles. The second-order valence-corrected chi connectivity index (χ2v) is 3.92. The van der Waals surface area contributed by atoms with Gasteiger partial charge in [-0.3, -0.25) is 4.99 Å². The maximum absolute atomic E-state index is 5.75. The zero-order chi connectivity index (χ0) is 10.8. The fraction of sp³-hybridized carbons (Fsp3) is 0.364. The molecule has 1 aliphatic heterocycles. The molecule has 0 radical (unpaired) electrons. The molecule has 4 nitrogen and oxygen atoms in total. The molecule has 1 atom stereocenters. The molecule has 0 saturated heterocycles. The Hall–Kier alpha value is -1.55. The highest BCUT2D eigenvalue weighted by molar-refractivity contribution is 5.75. The summed E-state index contributed by atoms with van der Waals surface area (Å²) in [6.45, 7) is 0.827. The van der Waals surface area contributed by atoms with E-state index in [9.17, 15) is 0 Å². The predicted molar refractivity (Wildman–Crippen MR) is 62.0 cm³/mol. The lowest BCUT2D eigenvalue weighted by atomic mass is 10.2. The molecule has 80 valence electrons. The topological polar surface area (TPSA) is 50.8 Å². The number of benzene rings is 1. The van der Waals surface area contributed by atoms with Crippen molar-refractivity contribution in [3.63, 3.8) is 0 Å². The van der Waals surface area contributed by atoms with Crippen LogP contribution in [-0.4, -0.2) is 37.9 Å². The molecule has 0 amide bonds. The molecule has 0 bridgehead atoms. The van der Waals surface area contributed by atoms with Crippen LogP contribution in [0, 0.1) is 0 Å². The molecule has 15 heavy (non-hydrogen) atoms. The van der Waals surface area contributed by atoms with Crippen LogP contribution in [0.25, 0.3) is 0 Å². The number of ether oxygens (including phenoxy) is 1. The Bertz CT molecular complexity index is 387. The molecular formula is C11H15N3O. The lowest BCUT2D eigenvalue weighted by molar-refractivity contribution is 0.217. The largest absolute Gasteiger partial charge is 0.481 e. The number of nitrogen functional groups attached to an aromatic ring is 1. The van der Waals surface area contributed by atoms with Crippen LogP contribution < -0.4 is 10.5 Å². The quantitative estimate of drug-likeness (QED) is 0.740. The summed E-state index contributed by atoms with van der Waals surface area (Å²) in [4.78, 5) is 6.40. The highest BCUT2D eigenvalue weighted by Crippen LogP contribution is 2.32. The van der Waals surface area contributed by atoms with Gasteiger partial charge in [-0.05, 0) is 32.3 Å². The van der Waals surface area contributed by atoms with Crippen molar-refractivity contribution in [1.29, 1.82) is 0 Å². The minimum absolute atomic E-state index is 0.0242. The van der Waals surface area contributed by atoms with Gasteiger partial charge in [0.05, 0.1) is 0 Å². The van der Waals surface area contributed by atoms with Crippen LogP contribution in [-0.2, 0) is 0 Å². The van der Waals surface area contributed by atoms with Gasteiger partial charge in [0, 0.05) is 18.4 Å². The van der Waals surface area contributed by atoms with E-state index in [1.54, 1.807) is 0 Å². The first-order valence-corrected chi connectivity index (χ1v) is 4.90. The van der Waals surface area contributed by atoms with Gasteiger partial charge in [0.2, 0.25) is 0 Å². The number of anilines is 1. The summed E-state index contributed by atoms with van der Waals surface area (Å²) in [7, 11) is 4.02. The number of fused-ring (bicyclic) bond motifs is 1. The Morgan fingerprint density at radius 2 is 2.27 bits per heavy atom. The van der Waals surface area contributed by atoms with Gasteiger partial charge in [-0.1, -0.05) is 0 Å². The number of likely N-dealkylation sites (N-methyl/N-ethyl adjacent to an activating group) is 1. The lowest BCUT2D eigenvalue weighted by Gasteiger charge is -2.23. The van der Waals surface area contributed by atoms with Crippen molar-refractivity contribution >= 4 is 17.6 Å². The average molecular weight is 205 g/mol. The lowest BCUT2D eigenvalue weighted by Crippen LogP contribution is -2.33. The number of hydrogen-bond acceptors (Lipinski definition) is 4. The third-order valence-electron chi connectivity index (χ3n) is 2.19. The first-order valence-electron chi connectivity index (χ1n) is 4.90. The minimum atomic E-state index is 0.0242. The summed E-state index contributed by atoms with van der Waals surface area (Å²) in [5.74, 6) is 0.804. The molecule has 1 aromatic carbocycles. The van der Waals surface area contributed by atoms with Gasteiger partial charge in [0.25, 0.3) is 0 Å². The van der Waals surface area contributed by atoms with Crippen LogP contribution >= 0.6 is 0 Å². The van der Waals surface area contributed by atoms with E-state index in [1.807, 2.05) is 38.5 Å². The normalized spacial score (nSPS) is 18.7. The SMILES string of the molecule is CN(C)CC1C=Nc2cc(N)ccc2O1. The van der Waals surface area contributed by atoms with E-state index in [1.165, 1.54) is 0 Å². The van der Waals surface area contributed by atoms with E-state index in [0.29, 0.717) is 5.69 Å². The van der Waals surface area contributed by atoms with Gasteiger partial charge in [-0.15, -0.1) is 0 Å². The first kappa shape index (κ1) is 9.98. The highest BCUT2D eigenvalue weighted by atomic mass is 16.5. The molecule has 2 rings (SSSR count). The minimum Gasteiger partial charge on any atom is -0.481 e. The number of aliphatic imine (C=N–C) groups is 1. The van der Waals surface area contributed by atoms with Crippen molar-refractivity contribution in [2.75, 3.05) is 26.4 Å². The Balaban J connectivity index is 2.17. The van der Waals surface area contributed by atoms with Gasteiger partial charge in [-0.2, -0.15) is 0 Å². The summed E-state index contributed by atoms with van der Waals surface area (Å²) in [5, 5.41) is 0. The van der Waals surface area contributed by atoms with E-state index >= 15 is 0 Å². The highest BCUT2D eigenvalue weighted by Gasteiger charge is 2.16. The van der Waals surface area contributed by atoms with Crippen molar-refractivity contribution in [3.8, 4) is 5.75 Å². The molecule has 0 fully saturated rings. The van der Waals surface area contributed by atoms with Crippen molar-refractivity contribution < 1.29 is 4.74 Å². The van der Waals surface area contributed by atoms with Gasteiger partial charge in [0.15, 0.2) is 0 Å². The molecule has 0 spiro atoms. The summed E-state index contributed by atoms with van der Waals surface area (Å²) in [6.07, 6.45) is 1.85. The van der Waals surface area contributed by atoms with Gasteiger partial charge >= 0.3 is 0 Å². The second kappa shape index (κ2) is 3.90. The van der Waals surface area contributed by atoms with Crippen molar-refractivity contribution in [2.24, 2.45) is 4.99 Å². The Morgan fingerprint density at radius 3 is 3.00 bits per heavy atom. The summed E-state index contributed by atoms with van der Waals surface area (Å²) in [6, 6.07) is 5.51. The summed E-state index contributed by atoms with van der Waals surface area (Å²) < 4.78 is 5.75. The second-order valence-electron chi connectivity index (χ2n) is 3.92. The predicted octanol–water partition coefficient (Wildman–Crippen LogP) is 1.29. The van der Waals surface area contributed by atoms with E-state index in [2.05, 4.69) is 9.89 Å². The molecule has 1 unspecified atom stereocenters. The molecule has 1 aromatic rings. The monoisotopic (exact) mass is 205 g/mol. The standard InChI is InChI=1S/C11H15N3O/c1-14(2)7-9-6-13-10-5-8(12)3-4-11(10)15-9/h3-6,9H,7,12H2,1-2H3. The zero-order valence-electron chi connectivity index (χ0n) is 8.97. The molecule has 4 heteroatoms. The van der Waals surface area contributed by atoms with Crippen LogP contribution in [0.5, 0.6) is 5.75 Å². The molecule has 0 aromatic heterocycles. The van der Waals surface area contributed by atoms with Gasteiger partial charge in [0.1, 0.15) is 17.5 Å². The average Bonchev–Trinajstić information content (AvgIpc) is 2.17. The first-order chi connectivity index (χ1) is 7.15. The number of nitrogens with two attached hydrogens (primary N) is 1. The van der Waals surface area contributed by atoms with Crippen LogP contribution in [0.15, 0.2) is 23.2 Å². The van der Waals surface area contributed by atoms with Crippen molar-refractivity contribution in [1.82, 2.24) is 4.90 Å². The van der Waals surface area contributed by atoms with Crippen molar-refractivity contribution in [3.05, 3.63) is 18.2 Å². The van der Waals surface area contributed by atoms with Gasteiger partial charge in [-0.25, -0.2) is 0 Å². The maximum Gasteiger partial charge on any atom is 0.146 e. The summed E-state index contributed by atoms with van der Waals surface area (Å²) in [5.41, 5.74) is 7.18. The van der Waals surface area contributed by atoms with Crippen LogP contribution in [0.4, 0.5) is 11.4 Å². The molecular weight excluding hydrogens is 190 g/mol. The number of nitrogens with zero attached hydrogens (tertiary/aromatic N) is 2. The Kier molecular flexibility index (Phi) is 2.60. The Morgan fingerprint density at radius 1 is 1.47 bits per heavy atom. The fourth-order valence-corrected chi connectivity index (χ4v) is 1.54. The number of rotatable bonds is 2. The summed E-state index contributed by atoms with van der Waals surface area (Å²) >= 11 is 0. The molecule has 1 aliphatic rings. The fourth-order valence-electron chi connectivity index (χ4n) is 1.54. The molecule has 2 N–H and O–H groups in total. The molecule has 1 heterocycles. The van der Waals surface area contributed by atoms with Crippen LogP contribution in [0.2, 0.25) is 0 Å². The van der Waals surface area contributed by atoms with E-state index in [-0.39, 0.29) is 6.10 Å². The van der Waals surface area contributed by atoms with E-state index in [4.69, 9.17) is 10.5 Å². The third kappa shape index (κ3) is 2.27. The maximum atomic E-state index is 5.75. The van der Waals surface area contributed by atoms with E-state index in [0.717, 1.165) is 18.0 Å². The Labute approximate surface area is 89.4 Å².